The van der Waals surface area contributed by atoms with E-state index in [2.05, 4.69) is 39.4 Å². The molecule has 17 heavy (non-hydrogen) atoms. The van der Waals surface area contributed by atoms with Gasteiger partial charge in [0.15, 0.2) is 0 Å². The van der Waals surface area contributed by atoms with Crippen LogP contribution in [0.4, 0.5) is 0 Å². The Morgan fingerprint density at radius 1 is 1.41 bits per heavy atom. The van der Waals surface area contributed by atoms with E-state index < -0.39 is 0 Å². The third-order valence-corrected chi connectivity index (χ3v) is 3.72. The lowest BCUT2D eigenvalue weighted by molar-refractivity contribution is 0.0383. The average Bonchev–Trinajstić information content (AvgIpc) is 2.37. The SMILES string of the molecule is N#CCNC1(c2cccc(Br)c2)CCOCC1. The van der Waals surface area contributed by atoms with E-state index in [-0.39, 0.29) is 5.54 Å². The fraction of sp³-hybridized carbons (Fsp3) is 0.462. The van der Waals surface area contributed by atoms with Crippen LogP contribution in [0.25, 0.3) is 0 Å². The fourth-order valence-corrected chi connectivity index (χ4v) is 2.68. The molecule has 1 aliphatic heterocycles. The van der Waals surface area contributed by atoms with Gasteiger partial charge in [-0.3, -0.25) is 5.32 Å². The van der Waals surface area contributed by atoms with Crippen LogP contribution in [-0.2, 0) is 10.3 Å². The van der Waals surface area contributed by atoms with Crippen LogP contribution in [0.3, 0.4) is 0 Å². The molecule has 1 aromatic rings. The van der Waals surface area contributed by atoms with Crippen molar-refractivity contribution in [2.45, 2.75) is 18.4 Å². The number of nitrogens with one attached hydrogen (secondary N) is 1. The molecule has 1 saturated heterocycles. The third kappa shape index (κ3) is 2.86. The molecule has 0 amide bonds. The van der Waals surface area contributed by atoms with Gasteiger partial charge in [0, 0.05) is 23.2 Å². The number of ether oxygens (including phenoxy) is 1. The topological polar surface area (TPSA) is 45.0 Å². The number of hydrogen-bond donors (Lipinski definition) is 1. The Hall–Kier alpha value is -0.890. The third-order valence-electron chi connectivity index (χ3n) is 3.23. The second-order valence-corrected chi connectivity index (χ2v) is 5.13. The molecule has 0 radical (unpaired) electrons. The molecule has 4 heteroatoms. The summed E-state index contributed by atoms with van der Waals surface area (Å²) in [7, 11) is 0. The van der Waals surface area contributed by atoms with Crippen LogP contribution in [0.2, 0.25) is 0 Å². The number of rotatable bonds is 3. The van der Waals surface area contributed by atoms with Gasteiger partial charge in [0.1, 0.15) is 0 Å². The van der Waals surface area contributed by atoms with Gasteiger partial charge >= 0.3 is 0 Å². The number of hydrogen-bond acceptors (Lipinski definition) is 3. The minimum Gasteiger partial charge on any atom is -0.381 e. The number of benzene rings is 1. The first kappa shape index (κ1) is 12.6. The fourth-order valence-electron chi connectivity index (χ4n) is 2.28. The molecule has 1 heterocycles. The highest BCUT2D eigenvalue weighted by Crippen LogP contribution is 2.33. The molecular weight excluding hydrogens is 280 g/mol. The van der Waals surface area contributed by atoms with Gasteiger partial charge in [0.05, 0.1) is 12.6 Å². The number of halogens is 1. The summed E-state index contributed by atoms with van der Waals surface area (Å²) in [6.45, 7) is 1.85. The van der Waals surface area contributed by atoms with Gasteiger partial charge in [-0.1, -0.05) is 28.1 Å². The summed E-state index contributed by atoms with van der Waals surface area (Å²) in [5.41, 5.74) is 1.11. The largest absolute Gasteiger partial charge is 0.381 e. The van der Waals surface area contributed by atoms with Gasteiger partial charge in [-0.2, -0.15) is 5.26 Å². The zero-order chi connectivity index (χ0) is 12.1. The molecule has 0 aliphatic carbocycles. The van der Waals surface area contributed by atoms with Crippen molar-refractivity contribution in [3.63, 3.8) is 0 Å². The maximum atomic E-state index is 8.76. The number of nitrogens with zero attached hydrogens (tertiary/aromatic N) is 1. The molecule has 1 fully saturated rings. The lowest BCUT2D eigenvalue weighted by Crippen LogP contribution is -2.46. The van der Waals surface area contributed by atoms with Crippen LogP contribution in [-0.4, -0.2) is 19.8 Å². The molecule has 0 atom stereocenters. The summed E-state index contributed by atoms with van der Waals surface area (Å²) in [6.07, 6.45) is 1.82. The van der Waals surface area contributed by atoms with Gasteiger partial charge in [-0.15, -0.1) is 0 Å². The molecule has 3 nitrogen and oxygen atoms in total. The highest BCUT2D eigenvalue weighted by Gasteiger charge is 2.33. The standard InChI is InChI=1S/C13H15BrN2O/c14-12-3-1-2-11(10-12)13(16-7-6-15)4-8-17-9-5-13/h1-3,10,16H,4-5,7-9H2. The Bertz CT molecular complexity index is 422. The lowest BCUT2D eigenvalue weighted by atomic mass is 9.82. The monoisotopic (exact) mass is 294 g/mol. The smallest absolute Gasteiger partial charge is 0.0847 e. The van der Waals surface area contributed by atoms with E-state index in [9.17, 15) is 0 Å². The quantitative estimate of drug-likeness (QED) is 0.872. The van der Waals surface area contributed by atoms with Crippen LogP contribution in [0.15, 0.2) is 28.7 Å². The Balaban J connectivity index is 2.29. The summed E-state index contributed by atoms with van der Waals surface area (Å²) >= 11 is 3.50. The highest BCUT2D eigenvalue weighted by atomic mass is 79.9. The molecule has 0 unspecified atom stereocenters. The van der Waals surface area contributed by atoms with Crippen molar-refractivity contribution in [3.8, 4) is 6.07 Å². The van der Waals surface area contributed by atoms with E-state index in [4.69, 9.17) is 10.00 Å². The predicted molar refractivity (Wildman–Crippen MR) is 69.5 cm³/mol. The first-order valence-electron chi connectivity index (χ1n) is 5.73. The normalized spacial score (nSPS) is 18.6. The van der Waals surface area contributed by atoms with Gasteiger partial charge < -0.3 is 4.74 Å². The predicted octanol–water partition coefficient (Wildman–Crippen LogP) is 2.57. The maximum Gasteiger partial charge on any atom is 0.0847 e. The zero-order valence-electron chi connectivity index (χ0n) is 9.58. The molecular formula is C13H15BrN2O. The summed E-state index contributed by atoms with van der Waals surface area (Å²) in [6, 6.07) is 10.4. The van der Waals surface area contributed by atoms with Gasteiger partial charge in [-0.05, 0) is 30.5 Å². The Labute approximate surface area is 110 Å². The van der Waals surface area contributed by atoms with Crippen molar-refractivity contribution < 1.29 is 4.74 Å². The van der Waals surface area contributed by atoms with E-state index in [0.29, 0.717) is 6.54 Å². The molecule has 0 aromatic heterocycles. The van der Waals surface area contributed by atoms with Crippen molar-refractivity contribution in [2.24, 2.45) is 0 Å². The summed E-state index contributed by atoms with van der Waals surface area (Å²) in [4.78, 5) is 0. The van der Waals surface area contributed by atoms with E-state index in [1.165, 1.54) is 5.56 Å². The van der Waals surface area contributed by atoms with Crippen molar-refractivity contribution in [2.75, 3.05) is 19.8 Å². The van der Waals surface area contributed by atoms with Crippen molar-refractivity contribution in [3.05, 3.63) is 34.3 Å². The van der Waals surface area contributed by atoms with Crippen LogP contribution < -0.4 is 5.32 Å². The second-order valence-electron chi connectivity index (χ2n) is 4.22. The first-order chi connectivity index (χ1) is 8.27. The van der Waals surface area contributed by atoms with Gasteiger partial charge in [0.25, 0.3) is 0 Å². The Morgan fingerprint density at radius 3 is 2.82 bits per heavy atom. The molecule has 0 spiro atoms. The minimum absolute atomic E-state index is 0.113. The molecule has 90 valence electrons. The van der Waals surface area contributed by atoms with Crippen LogP contribution >= 0.6 is 15.9 Å². The summed E-state index contributed by atoms with van der Waals surface area (Å²) < 4.78 is 6.49. The van der Waals surface area contributed by atoms with Crippen molar-refractivity contribution in [1.82, 2.24) is 5.32 Å². The first-order valence-corrected chi connectivity index (χ1v) is 6.52. The number of nitriles is 1. The summed E-state index contributed by atoms with van der Waals surface area (Å²) in [5, 5.41) is 12.1. The lowest BCUT2D eigenvalue weighted by Gasteiger charge is -2.38. The average molecular weight is 295 g/mol. The van der Waals surface area contributed by atoms with E-state index in [1.807, 2.05) is 12.1 Å². The summed E-state index contributed by atoms with van der Waals surface area (Å²) in [5.74, 6) is 0. The molecule has 1 aliphatic rings. The van der Waals surface area contributed by atoms with Crippen molar-refractivity contribution in [1.29, 1.82) is 5.26 Å². The highest BCUT2D eigenvalue weighted by molar-refractivity contribution is 9.10. The van der Waals surface area contributed by atoms with Crippen LogP contribution in [0.1, 0.15) is 18.4 Å². The van der Waals surface area contributed by atoms with Crippen molar-refractivity contribution >= 4 is 15.9 Å². The van der Waals surface area contributed by atoms with Gasteiger partial charge in [-0.25, -0.2) is 0 Å². The van der Waals surface area contributed by atoms with Gasteiger partial charge in [0.2, 0.25) is 0 Å². The van der Waals surface area contributed by atoms with Crippen LogP contribution in [0, 0.1) is 11.3 Å². The Kier molecular flexibility index (Phi) is 4.16. The molecule has 1 N–H and O–H groups in total. The second kappa shape index (κ2) is 5.63. The van der Waals surface area contributed by atoms with E-state index >= 15 is 0 Å². The molecule has 1 aromatic carbocycles. The molecule has 0 saturated carbocycles. The zero-order valence-corrected chi connectivity index (χ0v) is 11.2. The minimum atomic E-state index is -0.113. The van der Waals surface area contributed by atoms with E-state index in [0.717, 1.165) is 30.5 Å². The molecule has 2 rings (SSSR count). The Morgan fingerprint density at radius 2 is 2.18 bits per heavy atom. The van der Waals surface area contributed by atoms with E-state index in [1.54, 1.807) is 0 Å². The maximum absolute atomic E-state index is 8.76. The van der Waals surface area contributed by atoms with Crippen LogP contribution in [0.5, 0.6) is 0 Å². The molecule has 0 bridgehead atoms.